The molecule has 1 saturated carbocycles. The number of rotatable bonds is 7. The summed E-state index contributed by atoms with van der Waals surface area (Å²) in [5, 5.41) is 3.60. The summed E-state index contributed by atoms with van der Waals surface area (Å²) in [6.07, 6.45) is 4.21. The van der Waals surface area contributed by atoms with E-state index in [0.717, 1.165) is 12.5 Å². The van der Waals surface area contributed by atoms with Crippen LogP contribution in [0, 0.1) is 5.92 Å². The van der Waals surface area contributed by atoms with Gasteiger partial charge in [0.1, 0.15) is 0 Å². The number of hydrogen-bond acceptors (Lipinski definition) is 2. The summed E-state index contributed by atoms with van der Waals surface area (Å²) in [4.78, 5) is 0. The number of methoxy groups -OCH3 is 1. The number of ether oxygens (including phenoxy) is 1. The molecule has 1 aromatic carbocycles. The maximum Gasteiger partial charge on any atom is 0.0713 e. The van der Waals surface area contributed by atoms with Gasteiger partial charge in [0.15, 0.2) is 0 Å². The van der Waals surface area contributed by atoms with Crippen LogP contribution in [-0.4, -0.2) is 13.2 Å². The minimum Gasteiger partial charge on any atom is -0.380 e. The molecule has 1 fully saturated rings. The highest BCUT2D eigenvalue weighted by Crippen LogP contribution is 2.33. The van der Waals surface area contributed by atoms with Crippen LogP contribution in [0.3, 0.4) is 0 Å². The Balaban J connectivity index is 1.78. The van der Waals surface area contributed by atoms with Crippen LogP contribution in [0.4, 0.5) is 0 Å². The van der Waals surface area contributed by atoms with Gasteiger partial charge in [-0.2, -0.15) is 0 Å². The molecule has 1 N–H and O–H groups in total. The molecule has 0 radical (unpaired) electrons. The van der Waals surface area contributed by atoms with Crippen LogP contribution in [0.2, 0.25) is 0 Å². The summed E-state index contributed by atoms with van der Waals surface area (Å²) >= 11 is 0. The van der Waals surface area contributed by atoms with Gasteiger partial charge in [0, 0.05) is 19.7 Å². The molecule has 0 spiro atoms. The van der Waals surface area contributed by atoms with Crippen molar-refractivity contribution < 1.29 is 4.74 Å². The van der Waals surface area contributed by atoms with E-state index in [1.165, 1.54) is 30.4 Å². The minimum absolute atomic E-state index is 0.633. The van der Waals surface area contributed by atoms with Crippen molar-refractivity contribution in [1.82, 2.24) is 5.32 Å². The summed E-state index contributed by atoms with van der Waals surface area (Å²) in [6.45, 7) is 3.95. The average molecular weight is 233 g/mol. The van der Waals surface area contributed by atoms with Crippen LogP contribution in [0.25, 0.3) is 0 Å². The molecule has 1 aliphatic carbocycles. The third-order valence-electron chi connectivity index (χ3n) is 3.34. The fourth-order valence-corrected chi connectivity index (χ4v) is 2.23. The molecule has 0 saturated heterocycles. The largest absolute Gasteiger partial charge is 0.380 e. The molecule has 0 bridgehead atoms. The molecule has 1 aliphatic rings. The smallest absolute Gasteiger partial charge is 0.0713 e. The fourth-order valence-electron chi connectivity index (χ4n) is 2.23. The van der Waals surface area contributed by atoms with Gasteiger partial charge in [-0.3, -0.25) is 0 Å². The van der Waals surface area contributed by atoms with Crippen molar-refractivity contribution in [3.63, 3.8) is 0 Å². The maximum atomic E-state index is 5.15. The summed E-state index contributed by atoms with van der Waals surface area (Å²) in [7, 11) is 1.74. The van der Waals surface area contributed by atoms with Crippen LogP contribution in [0.1, 0.15) is 37.3 Å². The second kappa shape index (κ2) is 6.18. The first kappa shape index (κ1) is 12.6. The van der Waals surface area contributed by atoms with E-state index in [2.05, 4.69) is 36.5 Å². The summed E-state index contributed by atoms with van der Waals surface area (Å²) in [5.41, 5.74) is 2.60. The lowest BCUT2D eigenvalue weighted by Crippen LogP contribution is -2.25. The zero-order valence-corrected chi connectivity index (χ0v) is 10.9. The lowest BCUT2D eigenvalue weighted by atomic mass is 10.1. The Morgan fingerprint density at radius 2 is 2.12 bits per heavy atom. The third-order valence-corrected chi connectivity index (χ3v) is 3.34. The van der Waals surface area contributed by atoms with Crippen molar-refractivity contribution in [3.8, 4) is 0 Å². The molecule has 0 aromatic heterocycles. The van der Waals surface area contributed by atoms with Crippen molar-refractivity contribution >= 4 is 0 Å². The molecule has 2 heteroatoms. The first-order chi connectivity index (χ1) is 8.28. The lowest BCUT2D eigenvalue weighted by molar-refractivity contribution is 0.185. The van der Waals surface area contributed by atoms with Gasteiger partial charge >= 0.3 is 0 Å². The van der Waals surface area contributed by atoms with Crippen LogP contribution < -0.4 is 5.32 Å². The Morgan fingerprint density at radius 1 is 1.35 bits per heavy atom. The minimum atomic E-state index is 0.633. The highest BCUT2D eigenvalue weighted by molar-refractivity contribution is 5.22. The van der Waals surface area contributed by atoms with E-state index in [0.29, 0.717) is 12.6 Å². The lowest BCUT2D eigenvalue weighted by Gasteiger charge is -2.13. The molecular formula is C15H23NO. The summed E-state index contributed by atoms with van der Waals surface area (Å²) < 4.78 is 5.15. The monoisotopic (exact) mass is 233 g/mol. The Kier molecular flexibility index (Phi) is 4.57. The molecular weight excluding hydrogens is 210 g/mol. The Labute approximate surface area is 104 Å². The zero-order valence-electron chi connectivity index (χ0n) is 10.9. The predicted octanol–water partition coefficient (Wildman–Crippen LogP) is 3.11. The summed E-state index contributed by atoms with van der Waals surface area (Å²) in [5.74, 6) is 0.998. The van der Waals surface area contributed by atoms with Crippen LogP contribution >= 0.6 is 0 Å². The van der Waals surface area contributed by atoms with Gasteiger partial charge in [0.05, 0.1) is 6.61 Å². The second-order valence-electron chi connectivity index (χ2n) is 5.21. The van der Waals surface area contributed by atoms with E-state index in [1.807, 2.05) is 0 Å². The molecule has 1 aromatic rings. The van der Waals surface area contributed by atoms with Crippen molar-refractivity contribution in [1.29, 1.82) is 0 Å². The highest BCUT2D eigenvalue weighted by atomic mass is 16.5. The van der Waals surface area contributed by atoms with Crippen LogP contribution in [0.15, 0.2) is 24.3 Å². The maximum absolute atomic E-state index is 5.15. The fraction of sp³-hybridized carbons (Fsp3) is 0.600. The standard InChI is InChI=1S/C15H23NO/c1-12(8-13-6-7-13)16-10-14-4-3-5-15(9-14)11-17-2/h3-5,9,12-13,16H,6-8,10-11H2,1-2H3. The Bertz CT molecular complexity index is 347. The number of hydrogen-bond donors (Lipinski definition) is 1. The molecule has 1 unspecified atom stereocenters. The van der Waals surface area contributed by atoms with E-state index >= 15 is 0 Å². The van der Waals surface area contributed by atoms with Crippen molar-refractivity contribution in [2.75, 3.05) is 7.11 Å². The van der Waals surface area contributed by atoms with Gasteiger partial charge < -0.3 is 10.1 Å². The normalized spacial score (nSPS) is 17.1. The molecule has 1 atom stereocenters. The molecule has 0 heterocycles. The average Bonchev–Trinajstić information content (AvgIpc) is 3.11. The first-order valence-corrected chi connectivity index (χ1v) is 6.58. The van der Waals surface area contributed by atoms with Gasteiger partial charge in [-0.25, -0.2) is 0 Å². The van der Waals surface area contributed by atoms with Gasteiger partial charge in [0.2, 0.25) is 0 Å². The molecule has 0 aliphatic heterocycles. The van der Waals surface area contributed by atoms with Crippen molar-refractivity contribution in [3.05, 3.63) is 35.4 Å². The number of nitrogens with one attached hydrogen (secondary N) is 1. The van der Waals surface area contributed by atoms with Gasteiger partial charge in [-0.1, -0.05) is 37.1 Å². The van der Waals surface area contributed by atoms with Crippen molar-refractivity contribution in [2.24, 2.45) is 5.92 Å². The van der Waals surface area contributed by atoms with Crippen molar-refractivity contribution in [2.45, 2.75) is 45.4 Å². The van der Waals surface area contributed by atoms with E-state index in [-0.39, 0.29) is 0 Å². The molecule has 0 amide bonds. The second-order valence-corrected chi connectivity index (χ2v) is 5.21. The van der Waals surface area contributed by atoms with E-state index in [4.69, 9.17) is 4.74 Å². The zero-order chi connectivity index (χ0) is 12.1. The Morgan fingerprint density at radius 3 is 2.82 bits per heavy atom. The SMILES string of the molecule is COCc1cccc(CNC(C)CC2CC2)c1. The molecule has 94 valence electrons. The third kappa shape index (κ3) is 4.49. The number of benzene rings is 1. The topological polar surface area (TPSA) is 21.3 Å². The summed E-state index contributed by atoms with van der Waals surface area (Å²) in [6, 6.07) is 9.25. The van der Waals surface area contributed by atoms with E-state index in [9.17, 15) is 0 Å². The van der Waals surface area contributed by atoms with E-state index < -0.39 is 0 Å². The molecule has 17 heavy (non-hydrogen) atoms. The van der Waals surface area contributed by atoms with Gasteiger partial charge in [0.25, 0.3) is 0 Å². The highest BCUT2D eigenvalue weighted by Gasteiger charge is 2.23. The van der Waals surface area contributed by atoms with Gasteiger partial charge in [-0.15, -0.1) is 0 Å². The first-order valence-electron chi connectivity index (χ1n) is 6.58. The predicted molar refractivity (Wildman–Crippen MR) is 70.8 cm³/mol. The van der Waals surface area contributed by atoms with E-state index in [1.54, 1.807) is 7.11 Å². The van der Waals surface area contributed by atoms with Crippen LogP contribution in [-0.2, 0) is 17.9 Å². The Hall–Kier alpha value is -0.860. The van der Waals surface area contributed by atoms with Crippen LogP contribution in [0.5, 0.6) is 0 Å². The quantitative estimate of drug-likeness (QED) is 0.781. The molecule has 2 nitrogen and oxygen atoms in total. The molecule has 2 rings (SSSR count). The van der Waals surface area contributed by atoms with Gasteiger partial charge in [-0.05, 0) is 30.4 Å².